The number of amides is 2. The summed E-state index contributed by atoms with van der Waals surface area (Å²) >= 11 is 0. The van der Waals surface area contributed by atoms with E-state index in [4.69, 9.17) is 14.5 Å². The van der Waals surface area contributed by atoms with Crippen LogP contribution in [0.2, 0.25) is 0 Å². The van der Waals surface area contributed by atoms with Crippen molar-refractivity contribution in [1.29, 1.82) is 0 Å². The van der Waals surface area contributed by atoms with Crippen LogP contribution in [0.4, 0.5) is 21.1 Å². The summed E-state index contributed by atoms with van der Waals surface area (Å²) in [6.07, 6.45) is 2.43. The van der Waals surface area contributed by atoms with Crippen molar-refractivity contribution >= 4 is 23.7 Å². The molecule has 1 saturated heterocycles. The van der Waals surface area contributed by atoms with Crippen LogP contribution in [0.3, 0.4) is 0 Å². The summed E-state index contributed by atoms with van der Waals surface area (Å²) in [4.78, 5) is 41.5. The van der Waals surface area contributed by atoms with E-state index in [1.54, 1.807) is 11.2 Å². The second kappa shape index (κ2) is 11.5. The van der Waals surface area contributed by atoms with E-state index < -0.39 is 17.3 Å². The van der Waals surface area contributed by atoms with Crippen LogP contribution in [0, 0.1) is 0 Å². The minimum Gasteiger partial charge on any atom is -0.444 e. The number of aromatic nitrogens is 2. The molecule has 1 aromatic heterocycles. The molecule has 1 aliphatic carbocycles. The second-order valence-corrected chi connectivity index (χ2v) is 15.0. The summed E-state index contributed by atoms with van der Waals surface area (Å²) in [5.41, 5.74) is 3.56. The highest BCUT2D eigenvalue weighted by Crippen LogP contribution is 2.53. The van der Waals surface area contributed by atoms with Crippen molar-refractivity contribution in [3.05, 3.63) is 46.9 Å². The van der Waals surface area contributed by atoms with E-state index >= 15 is 0 Å². The normalized spacial score (nSPS) is 21.0. The Labute approximate surface area is 261 Å². The van der Waals surface area contributed by atoms with Gasteiger partial charge in [-0.2, -0.15) is 0 Å². The van der Waals surface area contributed by atoms with Gasteiger partial charge in [0.15, 0.2) is 0 Å². The Morgan fingerprint density at radius 3 is 2.34 bits per heavy atom. The number of likely N-dealkylation sites (tertiary alicyclic amines) is 1. The molecule has 10 nitrogen and oxygen atoms in total. The molecule has 5 rings (SSSR count). The molecule has 0 saturated carbocycles. The van der Waals surface area contributed by atoms with Gasteiger partial charge in [-0.1, -0.05) is 19.1 Å². The predicted molar refractivity (Wildman–Crippen MR) is 169 cm³/mol. The molecule has 2 amide bonds. The van der Waals surface area contributed by atoms with Crippen LogP contribution in [-0.2, 0) is 21.4 Å². The lowest BCUT2D eigenvalue weighted by atomic mass is 9.72. The third-order valence-corrected chi connectivity index (χ3v) is 8.91. The Hall–Kier alpha value is -3.40. The number of carbonyl (C=O) groups is 2. The van der Waals surface area contributed by atoms with Gasteiger partial charge in [0, 0.05) is 48.9 Å². The fourth-order valence-corrected chi connectivity index (χ4v) is 6.94. The summed E-state index contributed by atoms with van der Waals surface area (Å²) < 4.78 is 11.5. The molecule has 44 heavy (non-hydrogen) atoms. The highest BCUT2D eigenvalue weighted by molar-refractivity contribution is 5.76. The smallest absolute Gasteiger partial charge is 0.410 e. The Bertz CT molecular complexity index is 1400. The number of hydrogen-bond acceptors (Lipinski definition) is 8. The molecule has 2 atom stereocenters. The predicted octanol–water partition coefficient (Wildman–Crippen LogP) is 6.58. The van der Waals surface area contributed by atoms with Crippen molar-refractivity contribution in [3.8, 4) is 0 Å². The molecule has 3 heterocycles. The molecule has 10 heteroatoms. The highest BCUT2D eigenvalue weighted by atomic mass is 16.6. The maximum absolute atomic E-state index is 13.4. The molecule has 240 valence electrons. The van der Waals surface area contributed by atoms with Crippen LogP contribution < -0.4 is 4.90 Å². The number of piperidine rings is 1. The average molecular weight is 608 g/mol. The number of carbonyl (C=O) groups excluding carboxylic acids is 2. The molecule has 2 aromatic rings. The Balaban J connectivity index is 1.56. The summed E-state index contributed by atoms with van der Waals surface area (Å²) in [5, 5.41) is 10.7. The highest BCUT2D eigenvalue weighted by Gasteiger charge is 2.49. The summed E-state index contributed by atoms with van der Waals surface area (Å²) in [7, 11) is 0. The molecule has 3 aliphatic rings. The fourth-order valence-electron chi connectivity index (χ4n) is 6.94. The number of aliphatic hydroxyl groups excluding tert-OH is 1. The zero-order chi connectivity index (χ0) is 32.2. The lowest BCUT2D eigenvalue weighted by molar-refractivity contribution is 0.0148. The second-order valence-electron chi connectivity index (χ2n) is 15.0. The van der Waals surface area contributed by atoms with Gasteiger partial charge >= 0.3 is 12.2 Å². The van der Waals surface area contributed by atoms with E-state index in [-0.39, 0.29) is 29.6 Å². The molecule has 0 radical (unpaired) electrons. The lowest BCUT2D eigenvalue weighted by Crippen LogP contribution is -2.48. The molecule has 1 spiro atoms. The average Bonchev–Trinajstić information content (AvgIpc) is 3.39. The van der Waals surface area contributed by atoms with Gasteiger partial charge in [0.05, 0.1) is 11.8 Å². The van der Waals surface area contributed by atoms with Crippen LogP contribution >= 0.6 is 0 Å². The van der Waals surface area contributed by atoms with Crippen molar-refractivity contribution in [2.24, 2.45) is 0 Å². The van der Waals surface area contributed by atoms with Crippen molar-refractivity contribution in [2.45, 2.75) is 123 Å². The minimum atomic E-state index is -0.607. The SMILES string of the molecule is CC(C)N(Cc1cccc2c1C1(CCN(C(=O)OC(C)(C)C)CC1)CN2c1ncnc2c1[C@H](C)C[C@H]2O)C(=O)OC(C)(C)C. The van der Waals surface area contributed by atoms with Gasteiger partial charge in [-0.3, -0.25) is 0 Å². The third-order valence-electron chi connectivity index (χ3n) is 8.91. The maximum Gasteiger partial charge on any atom is 0.410 e. The number of anilines is 2. The van der Waals surface area contributed by atoms with Gasteiger partial charge in [0.25, 0.3) is 0 Å². The van der Waals surface area contributed by atoms with Gasteiger partial charge in [-0.25, -0.2) is 19.6 Å². The van der Waals surface area contributed by atoms with E-state index in [1.807, 2.05) is 66.4 Å². The fraction of sp³-hybridized carbons (Fsp3) is 0.647. The van der Waals surface area contributed by atoms with E-state index in [9.17, 15) is 14.7 Å². The molecule has 1 fully saturated rings. The van der Waals surface area contributed by atoms with E-state index in [0.717, 1.165) is 35.5 Å². The Kier molecular flexibility index (Phi) is 8.37. The lowest BCUT2D eigenvalue weighted by Gasteiger charge is -2.41. The van der Waals surface area contributed by atoms with Crippen LogP contribution in [-0.4, -0.2) is 73.9 Å². The number of fused-ring (bicyclic) bond motifs is 3. The van der Waals surface area contributed by atoms with Gasteiger partial charge in [0.1, 0.15) is 23.3 Å². The van der Waals surface area contributed by atoms with Crippen LogP contribution in [0.1, 0.15) is 116 Å². The van der Waals surface area contributed by atoms with Gasteiger partial charge in [-0.15, -0.1) is 0 Å². The first-order valence-electron chi connectivity index (χ1n) is 15.9. The molecule has 0 unspecified atom stereocenters. The Morgan fingerprint density at radius 1 is 1.07 bits per heavy atom. The quantitative estimate of drug-likeness (QED) is 0.415. The monoisotopic (exact) mass is 607 g/mol. The summed E-state index contributed by atoms with van der Waals surface area (Å²) in [6.45, 7) is 19.6. The van der Waals surface area contributed by atoms with Gasteiger partial charge < -0.3 is 29.3 Å². The van der Waals surface area contributed by atoms with Gasteiger partial charge in [0.2, 0.25) is 0 Å². The van der Waals surface area contributed by atoms with Crippen molar-refractivity contribution < 1.29 is 24.2 Å². The van der Waals surface area contributed by atoms with Crippen molar-refractivity contribution in [3.63, 3.8) is 0 Å². The first-order valence-corrected chi connectivity index (χ1v) is 15.9. The molecular weight excluding hydrogens is 558 g/mol. The molecule has 1 aromatic carbocycles. The van der Waals surface area contributed by atoms with Crippen LogP contribution in [0.15, 0.2) is 24.5 Å². The van der Waals surface area contributed by atoms with Crippen molar-refractivity contribution in [1.82, 2.24) is 19.8 Å². The number of rotatable bonds is 4. The molecule has 0 bridgehead atoms. The number of hydrogen-bond donors (Lipinski definition) is 1. The standard InChI is InChI=1S/C34H49N5O5/c1-21(2)38(31(42)44-33(7,8)9)18-23-11-10-12-24-27(23)34(13-15-37(16-14-34)30(41)43-32(4,5)6)19-39(24)29-26-22(3)17-25(40)28(26)35-20-36-29/h10-12,20-22,25,40H,13-19H2,1-9H3/t22-,25-/m1/s1. The first-order chi connectivity index (χ1) is 20.5. The maximum atomic E-state index is 13.4. The topological polar surface area (TPSA) is 108 Å². The summed E-state index contributed by atoms with van der Waals surface area (Å²) in [6, 6.07) is 6.21. The Morgan fingerprint density at radius 2 is 1.73 bits per heavy atom. The third kappa shape index (κ3) is 6.23. The number of nitrogens with zero attached hydrogens (tertiary/aromatic N) is 5. The van der Waals surface area contributed by atoms with E-state index in [1.165, 1.54) is 5.56 Å². The molecule has 2 aliphatic heterocycles. The zero-order valence-corrected chi connectivity index (χ0v) is 27.8. The summed E-state index contributed by atoms with van der Waals surface area (Å²) in [5.74, 6) is 0.953. The van der Waals surface area contributed by atoms with E-state index in [0.29, 0.717) is 38.3 Å². The van der Waals surface area contributed by atoms with Gasteiger partial charge in [-0.05, 0) is 97.8 Å². The van der Waals surface area contributed by atoms with E-state index in [2.05, 4.69) is 28.9 Å². The number of benzene rings is 1. The van der Waals surface area contributed by atoms with Crippen LogP contribution in [0.25, 0.3) is 0 Å². The zero-order valence-electron chi connectivity index (χ0n) is 27.8. The molecular formula is C34H49N5O5. The number of aliphatic hydroxyl groups is 1. The van der Waals surface area contributed by atoms with Crippen LogP contribution in [0.5, 0.6) is 0 Å². The first kappa shape index (κ1) is 32.0. The largest absolute Gasteiger partial charge is 0.444 e. The van der Waals surface area contributed by atoms with Crippen molar-refractivity contribution in [2.75, 3.05) is 24.5 Å². The number of ether oxygens (including phenoxy) is 2. The minimum absolute atomic E-state index is 0.0735. The molecule has 1 N–H and O–H groups in total.